The number of hydrogen-bond acceptors (Lipinski definition) is 3. The Morgan fingerprint density at radius 1 is 0.906 bits per heavy atom. The molecule has 2 saturated heterocycles. The van der Waals surface area contributed by atoms with E-state index >= 15 is 0 Å². The van der Waals surface area contributed by atoms with E-state index in [0.717, 1.165) is 61.5 Å². The first kappa shape index (κ1) is 21.0. The van der Waals surface area contributed by atoms with E-state index in [9.17, 15) is 14.3 Å². The molecular formula is C27H29FN2O2. The third-order valence-electron chi connectivity index (χ3n) is 7.33. The molecule has 2 aliphatic rings. The van der Waals surface area contributed by atoms with Gasteiger partial charge in [-0.25, -0.2) is 4.39 Å². The third-order valence-corrected chi connectivity index (χ3v) is 7.33. The van der Waals surface area contributed by atoms with Crippen molar-refractivity contribution in [2.75, 3.05) is 19.6 Å². The van der Waals surface area contributed by atoms with Crippen LogP contribution in [-0.4, -0.2) is 46.0 Å². The van der Waals surface area contributed by atoms with Gasteiger partial charge in [0.2, 0.25) is 0 Å². The Balaban J connectivity index is 1.33. The zero-order valence-corrected chi connectivity index (χ0v) is 18.3. The summed E-state index contributed by atoms with van der Waals surface area (Å²) >= 11 is 0. The predicted octanol–water partition coefficient (Wildman–Crippen LogP) is 5.35. The quantitative estimate of drug-likeness (QED) is 0.607. The Labute approximate surface area is 188 Å². The number of phenolic OH excluding ortho intramolecular Hbond substituents is 1. The highest BCUT2D eigenvalue weighted by atomic mass is 19.1. The van der Waals surface area contributed by atoms with Gasteiger partial charge in [0.1, 0.15) is 11.6 Å². The van der Waals surface area contributed by atoms with Gasteiger partial charge in [0, 0.05) is 25.2 Å². The van der Waals surface area contributed by atoms with Crippen molar-refractivity contribution >= 4 is 16.7 Å². The molecule has 1 unspecified atom stereocenters. The molecule has 32 heavy (non-hydrogen) atoms. The zero-order chi connectivity index (χ0) is 22.1. The number of carbonyl (C=O) groups is 1. The molecule has 5 rings (SSSR count). The molecule has 1 atom stereocenters. The van der Waals surface area contributed by atoms with Crippen LogP contribution in [0.25, 0.3) is 10.8 Å². The number of halogens is 1. The highest BCUT2D eigenvalue weighted by Crippen LogP contribution is 2.40. The maximum absolute atomic E-state index is 13.3. The van der Waals surface area contributed by atoms with E-state index in [-0.39, 0.29) is 23.0 Å². The van der Waals surface area contributed by atoms with Crippen LogP contribution in [0.1, 0.15) is 48.0 Å². The number of fused-ring (bicyclic) bond motifs is 1. The van der Waals surface area contributed by atoms with Crippen LogP contribution in [0, 0.1) is 5.82 Å². The number of hydrogen-bond donors (Lipinski definition) is 1. The standard InChI is InChI=1S/C27H29FN2O2/c28-23-9-7-20(8-10-23)19-30-15-4-12-27(30)11-3-14-29(16-13-27)26(32)24-17-21-5-1-2-6-22(21)18-25(24)31/h1-2,5-10,17-18,31H,3-4,11-16,19H2. The van der Waals surface area contributed by atoms with Gasteiger partial charge in [0.05, 0.1) is 5.56 Å². The summed E-state index contributed by atoms with van der Waals surface area (Å²) in [6.45, 7) is 3.25. The van der Waals surface area contributed by atoms with Crippen LogP contribution < -0.4 is 0 Å². The normalized spacial score (nSPS) is 21.8. The highest BCUT2D eigenvalue weighted by molar-refractivity contribution is 6.01. The van der Waals surface area contributed by atoms with E-state index in [0.29, 0.717) is 18.7 Å². The Morgan fingerprint density at radius 2 is 1.59 bits per heavy atom. The van der Waals surface area contributed by atoms with Gasteiger partial charge in [-0.15, -0.1) is 0 Å². The molecule has 2 fully saturated rings. The van der Waals surface area contributed by atoms with Crippen LogP contribution >= 0.6 is 0 Å². The molecule has 1 spiro atoms. The van der Waals surface area contributed by atoms with Gasteiger partial charge in [-0.3, -0.25) is 9.69 Å². The summed E-state index contributed by atoms with van der Waals surface area (Å²) in [7, 11) is 0. The smallest absolute Gasteiger partial charge is 0.257 e. The summed E-state index contributed by atoms with van der Waals surface area (Å²) in [5.74, 6) is -0.245. The molecule has 1 N–H and O–H groups in total. The van der Waals surface area contributed by atoms with Gasteiger partial charge in [-0.05, 0) is 79.3 Å². The van der Waals surface area contributed by atoms with Crippen LogP contribution in [0.3, 0.4) is 0 Å². The van der Waals surface area contributed by atoms with Crippen molar-refractivity contribution < 1.29 is 14.3 Å². The van der Waals surface area contributed by atoms with E-state index in [2.05, 4.69) is 4.90 Å². The van der Waals surface area contributed by atoms with Crippen LogP contribution in [-0.2, 0) is 6.54 Å². The lowest BCUT2D eigenvalue weighted by atomic mass is 9.87. The molecule has 2 aliphatic heterocycles. The number of carbonyl (C=O) groups excluding carboxylic acids is 1. The number of nitrogens with zero attached hydrogens (tertiary/aromatic N) is 2. The molecule has 4 nitrogen and oxygen atoms in total. The van der Waals surface area contributed by atoms with E-state index in [4.69, 9.17) is 0 Å². The summed E-state index contributed by atoms with van der Waals surface area (Å²) in [4.78, 5) is 17.8. The largest absolute Gasteiger partial charge is 0.507 e. The average molecular weight is 433 g/mol. The van der Waals surface area contributed by atoms with E-state index in [1.165, 1.54) is 12.1 Å². The minimum absolute atomic E-state index is 0.0477. The fraction of sp³-hybridized carbons (Fsp3) is 0.370. The van der Waals surface area contributed by atoms with E-state index < -0.39 is 0 Å². The maximum Gasteiger partial charge on any atom is 0.257 e. The Morgan fingerprint density at radius 3 is 2.34 bits per heavy atom. The topological polar surface area (TPSA) is 43.8 Å². The number of aromatic hydroxyl groups is 1. The first-order valence-electron chi connectivity index (χ1n) is 11.5. The second kappa shape index (κ2) is 8.55. The summed E-state index contributed by atoms with van der Waals surface area (Å²) < 4.78 is 13.3. The van der Waals surface area contributed by atoms with E-state index in [1.54, 1.807) is 6.07 Å². The molecule has 0 aromatic heterocycles. The molecule has 0 bridgehead atoms. The Bertz CT molecular complexity index is 1130. The van der Waals surface area contributed by atoms with Crippen molar-refractivity contribution in [2.45, 2.75) is 44.2 Å². The molecule has 2 heterocycles. The lowest BCUT2D eigenvalue weighted by Crippen LogP contribution is -2.44. The molecule has 166 valence electrons. The first-order chi connectivity index (χ1) is 15.5. The summed E-state index contributed by atoms with van der Waals surface area (Å²) in [6, 6.07) is 18.1. The molecular weight excluding hydrogens is 403 g/mol. The average Bonchev–Trinajstić information content (AvgIpc) is 3.04. The minimum atomic E-state index is -0.203. The number of phenols is 1. The zero-order valence-electron chi connectivity index (χ0n) is 18.3. The molecule has 3 aromatic carbocycles. The summed E-state index contributed by atoms with van der Waals surface area (Å²) in [5, 5.41) is 12.4. The molecule has 5 heteroatoms. The fourth-order valence-electron chi connectivity index (χ4n) is 5.57. The Hall–Kier alpha value is -2.92. The van der Waals surface area contributed by atoms with Gasteiger partial charge >= 0.3 is 0 Å². The van der Waals surface area contributed by atoms with Crippen molar-refractivity contribution in [2.24, 2.45) is 0 Å². The van der Waals surface area contributed by atoms with Gasteiger partial charge in [-0.2, -0.15) is 0 Å². The molecule has 0 radical (unpaired) electrons. The monoisotopic (exact) mass is 432 g/mol. The molecule has 3 aromatic rings. The lowest BCUT2D eigenvalue weighted by Gasteiger charge is -2.38. The van der Waals surface area contributed by atoms with Crippen LogP contribution in [0.15, 0.2) is 60.7 Å². The summed E-state index contributed by atoms with van der Waals surface area (Å²) in [5.41, 5.74) is 1.61. The SMILES string of the molecule is O=C(c1cc2ccccc2cc1O)N1CCCC2(CCCN2Cc2ccc(F)cc2)CC1. The second-order valence-electron chi connectivity index (χ2n) is 9.24. The van der Waals surface area contributed by atoms with E-state index in [1.807, 2.05) is 47.4 Å². The van der Waals surface area contributed by atoms with Crippen molar-refractivity contribution in [3.8, 4) is 5.75 Å². The molecule has 1 amide bonds. The third kappa shape index (κ3) is 3.97. The number of benzene rings is 3. The Kier molecular flexibility index (Phi) is 5.60. The molecule has 0 saturated carbocycles. The number of amides is 1. The fourth-order valence-corrected chi connectivity index (χ4v) is 5.57. The van der Waals surface area contributed by atoms with Gasteiger partial charge in [-0.1, -0.05) is 36.4 Å². The second-order valence-corrected chi connectivity index (χ2v) is 9.24. The van der Waals surface area contributed by atoms with Crippen LogP contribution in [0.5, 0.6) is 5.75 Å². The predicted molar refractivity (Wildman–Crippen MR) is 124 cm³/mol. The van der Waals surface area contributed by atoms with Crippen molar-refractivity contribution in [3.05, 3.63) is 77.6 Å². The van der Waals surface area contributed by atoms with Crippen molar-refractivity contribution in [3.63, 3.8) is 0 Å². The maximum atomic E-state index is 13.3. The molecule has 0 aliphatic carbocycles. The van der Waals surface area contributed by atoms with Crippen LogP contribution in [0.2, 0.25) is 0 Å². The first-order valence-corrected chi connectivity index (χ1v) is 11.5. The van der Waals surface area contributed by atoms with Crippen molar-refractivity contribution in [1.29, 1.82) is 0 Å². The van der Waals surface area contributed by atoms with Gasteiger partial charge in [0.15, 0.2) is 0 Å². The number of rotatable bonds is 3. The van der Waals surface area contributed by atoms with Gasteiger partial charge < -0.3 is 10.0 Å². The highest BCUT2D eigenvalue weighted by Gasteiger charge is 2.42. The van der Waals surface area contributed by atoms with Crippen LogP contribution in [0.4, 0.5) is 4.39 Å². The summed E-state index contributed by atoms with van der Waals surface area (Å²) in [6.07, 6.45) is 5.22. The lowest BCUT2D eigenvalue weighted by molar-refractivity contribution is 0.0735. The van der Waals surface area contributed by atoms with Gasteiger partial charge in [0.25, 0.3) is 5.91 Å². The van der Waals surface area contributed by atoms with Crippen molar-refractivity contribution in [1.82, 2.24) is 9.80 Å². The number of likely N-dealkylation sites (tertiary alicyclic amines) is 2. The minimum Gasteiger partial charge on any atom is -0.507 e.